The van der Waals surface area contributed by atoms with Gasteiger partial charge in [-0.05, 0) is 6.07 Å². The standard InChI is InChI=1S/C14H16BrN3O3/c1-9(2)16-4-3-14-17-8-13(21-14)10-5-11(15)7-12(6-10)18(19)20/h5-9,16H,3-4H2,1-2H3. The maximum Gasteiger partial charge on any atom is 0.271 e. The van der Waals surface area contributed by atoms with E-state index in [1.165, 1.54) is 12.1 Å². The summed E-state index contributed by atoms with van der Waals surface area (Å²) in [6, 6.07) is 5.10. The molecule has 2 rings (SSSR count). The lowest BCUT2D eigenvalue weighted by molar-refractivity contribution is -0.384. The summed E-state index contributed by atoms with van der Waals surface area (Å²) in [5.74, 6) is 1.14. The third-order valence-electron chi connectivity index (χ3n) is 2.82. The van der Waals surface area contributed by atoms with Crippen LogP contribution in [-0.2, 0) is 6.42 Å². The molecule has 1 heterocycles. The molecule has 0 bridgehead atoms. The van der Waals surface area contributed by atoms with Crippen molar-refractivity contribution in [2.45, 2.75) is 26.3 Å². The van der Waals surface area contributed by atoms with Gasteiger partial charge in [0.1, 0.15) is 0 Å². The second-order valence-corrected chi connectivity index (χ2v) is 5.85. The van der Waals surface area contributed by atoms with Crippen LogP contribution in [0.4, 0.5) is 5.69 Å². The van der Waals surface area contributed by atoms with Crippen LogP contribution < -0.4 is 5.32 Å². The number of benzene rings is 1. The Morgan fingerprint density at radius 3 is 2.86 bits per heavy atom. The maximum absolute atomic E-state index is 10.9. The fraction of sp³-hybridized carbons (Fsp3) is 0.357. The van der Waals surface area contributed by atoms with Crippen molar-refractivity contribution in [2.75, 3.05) is 6.54 Å². The quantitative estimate of drug-likeness (QED) is 0.634. The van der Waals surface area contributed by atoms with Crippen LogP contribution in [-0.4, -0.2) is 22.5 Å². The summed E-state index contributed by atoms with van der Waals surface area (Å²) in [6.45, 7) is 4.92. The number of aromatic nitrogens is 1. The van der Waals surface area contributed by atoms with Gasteiger partial charge in [0.15, 0.2) is 11.7 Å². The van der Waals surface area contributed by atoms with Crippen molar-refractivity contribution in [1.29, 1.82) is 0 Å². The van der Waals surface area contributed by atoms with Crippen LogP contribution >= 0.6 is 15.9 Å². The Hall–Kier alpha value is -1.73. The Balaban J connectivity index is 2.15. The molecule has 2 aromatic rings. The van der Waals surface area contributed by atoms with E-state index in [9.17, 15) is 10.1 Å². The number of hydrogen-bond acceptors (Lipinski definition) is 5. The number of halogens is 1. The zero-order chi connectivity index (χ0) is 15.4. The van der Waals surface area contributed by atoms with Crippen molar-refractivity contribution < 1.29 is 9.34 Å². The highest BCUT2D eigenvalue weighted by Crippen LogP contribution is 2.29. The SMILES string of the molecule is CC(C)NCCc1ncc(-c2cc(Br)cc([N+](=O)[O-])c2)o1. The molecule has 6 nitrogen and oxygen atoms in total. The van der Waals surface area contributed by atoms with E-state index < -0.39 is 4.92 Å². The number of nitrogens with one attached hydrogen (secondary N) is 1. The first-order valence-corrected chi connectivity index (χ1v) is 7.38. The molecule has 0 atom stereocenters. The van der Waals surface area contributed by atoms with Gasteiger partial charge in [0, 0.05) is 41.2 Å². The smallest absolute Gasteiger partial charge is 0.271 e. The number of nitrogens with zero attached hydrogens (tertiary/aromatic N) is 2. The number of oxazole rings is 1. The first-order valence-electron chi connectivity index (χ1n) is 6.59. The minimum Gasteiger partial charge on any atom is -0.441 e. The molecule has 0 unspecified atom stereocenters. The lowest BCUT2D eigenvalue weighted by atomic mass is 10.1. The summed E-state index contributed by atoms with van der Waals surface area (Å²) in [5, 5.41) is 14.2. The third kappa shape index (κ3) is 4.37. The van der Waals surface area contributed by atoms with E-state index >= 15 is 0 Å². The summed E-state index contributed by atoms with van der Waals surface area (Å²) in [5.41, 5.74) is 0.644. The van der Waals surface area contributed by atoms with E-state index in [0.717, 1.165) is 6.54 Å². The summed E-state index contributed by atoms with van der Waals surface area (Å²) in [7, 11) is 0. The Labute approximate surface area is 130 Å². The Bertz CT molecular complexity index is 640. The maximum atomic E-state index is 10.9. The van der Waals surface area contributed by atoms with Crippen LogP contribution in [0.1, 0.15) is 19.7 Å². The molecule has 0 radical (unpaired) electrons. The molecule has 0 saturated carbocycles. The molecule has 0 saturated heterocycles. The third-order valence-corrected chi connectivity index (χ3v) is 3.28. The highest BCUT2D eigenvalue weighted by molar-refractivity contribution is 9.10. The van der Waals surface area contributed by atoms with E-state index in [4.69, 9.17) is 4.42 Å². The molecule has 0 aliphatic heterocycles. The number of nitro groups is 1. The van der Waals surface area contributed by atoms with E-state index in [-0.39, 0.29) is 5.69 Å². The Kier molecular flexibility index (Phi) is 5.08. The van der Waals surface area contributed by atoms with Crippen LogP contribution in [0.25, 0.3) is 11.3 Å². The van der Waals surface area contributed by atoms with E-state index in [0.29, 0.717) is 34.1 Å². The molecule has 0 aliphatic rings. The van der Waals surface area contributed by atoms with Gasteiger partial charge in [-0.3, -0.25) is 10.1 Å². The Morgan fingerprint density at radius 1 is 1.43 bits per heavy atom. The fourth-order valence-corrected chi connectivity index (χ4v) is 2.33. The van der Waals surface area contributed by atoms with Crippen molar-refractivity contribution in [2.24, 2.45) is 0 Å². The van der Waals surface area contributed by atoms with Gasteiger partial charge in [-0.25, -0.2) is 4.98 Å². The summed E-state index contributed by atoms with van der Waals surface area (Å²) in [4.78, 5) is 14.6. The average Bonchev–Trinajstić information content (AvgIpc) is 2.86. The van der Waals surface area contributed by atoms with Crippen LogP contribution in [0, 0.1) is 10.1 Å². The molecule has 0 spiro atoms. The summed E-state index contributed by atoms with van der Waals surface area (Å²) < 4.78 is 6.28. The molecule has 1 aromatic carbocycles. The lowest BCUT2D eigenvalue weighted by Crippen LogP contribution is -2.24. The van der Waals surface area contributed by atoms with Crippen LogP contribution in [0.3, 0.4) is 0 Å². The van der Waals surface area contributed by atoms with E-state index in [1.54, 1.807) is 12.3 Å². The fourth-order valence-electron chi connectivity index (χ4n) is 1.85. The summed E-state index contributed by atoms with van der Waals surface area (Å²) >= 11 is 3.27. The van der Waals surface area contributed by atoms with Crippen LogP contribution in [0.5, 0.6) is 0 Å². The normalized spacial score (nSPS) is 11.0. The van der Waals surface area contributed by atoms with Crippen molar-refractivity contribution in [3.8, 4) is 11.3 Å². The number of rotatable bonds is 6. The van der Waals surface area contributed by atoms with Gasteiger partial charge in [-0.1, -0.05) is 29.8 Å². The van der Waals surface area contributed by atoms with E-state index in [1.807, 2.05) is 0 Å². The second-order valence-electron chi connectivity index (χ2n) is 4.93. The molecule has 0 amide bonds. The molecule has 21 heavy (non-hydrogen) atoms. The Morgan fingerprint density at radius 2 is 2.19 bits per heavy atom. The predicted molar refractivity (Wildman–Crippen MR) is 83.1 cm³/mol. The number of non-ortho nitro benzene ring substituents is 1. The topological polar surface area (TPSA) is 81.2 Å². The molecule has 1 N–H and O–H groups in total. The van der Waals surface area contributed by atoms with Crippen molar-refractivity contribution in [3.63, 3.8) is 0 Å². The molecule has 0 aliphatic carbocycles. The van der Waals surface area contributed by atoms with Crippen LogP contribution in [0.2, 0.25) is 0 Å². The monoisotopic (exact) mass is 353 g/mol. The molecule has 0 fully saturated rings. The largest absolute Gasteiger partial charge is 0.441 e. The minimum atomic E-state index is -0.432. The first kappa shape index (κ1) is 15.7. The van der Waals surface area contributed by atoms with Gasteiger partial charge in [0.2, 0.25) is 0 Å². The van der Waals surface area contributed by atoms with Gasteiger partial charge < -0.3 is 9.73 Å². The van der Waals surface area contributed by atoms with Gasteiger partial charge >= 0.3 is 0 Å². The zero-order valence-corrected chi connectivity index (χ0v) is 13.4. The second kappa shape index (κ2) is 6.82. The highest BCUT2D eigenvalue weighted by atomic mass is 79.9. The number of nitro benzene ring substituents is 1. The molecule has 1 aromatic heterocycles. The molecule has 7 heteroatoms. The van der Waals surface area contributed by atoms with Crippen molar-refractivity contribution >= 4 is 21.6 Å². The first-order chi connectivity index (χ1) is 9.95. The van der Waals surface area contributed by atoms with Gasteiger partial charge in [0.25, 0.3) is 5.69 Å². The van der Waals surface area contributed by atoms with Crippen molar-refractivity contribution in [3.05, 3.63) is 44.9 Å². The average molecular weight is 354 g/mol. The highest BCUT2D eigenvalue weighted by Gasteiger charge is 2.13. The van der Waals surface area contributed by atoms with E-state index in [2.05, 4.69) is 40.1 Å². The number of hydrogen-bond donors (Lipinski definition) is 1. The van der Waals surface area contributed by atoms with Gasteiger partial charge in [-0.15, -0.1) is 0 Å². The van der Waals surface area contributed by atoms with Gasteiger partial charge in [0.05, 0.1) is 11.1 Å². The zero-order valence-electron chi connectivity index (χ0n) is 11.8. The van der Waals surface area contributed by atoms with Gasteiger partial charge in [-0.2, -0.15) is 0 Å². The molecule has 112 valence electrons. The van der Waals surface area contributed by atoms with Crippen molar-refractivity contribution in [1.82, 2.24) is 10.3 Å². The minimum absolute atomic E-state index is 0.0128. The predicted octanol–water partition coefficient (Wildman–Crippen LogP) is 3.55. The lowest BCUT2D eigenvalue weighted by Gasteiger charge is -2.05. The molecular weight excluding hydrogens is 338 g/mol. The molecular formula is C14H16BrN3O3. The van der Waals surface area contributed by atoms with Crippen LogP contribution in [0.15, 0.2) is 33.3 Å². The summed E-state index contributed by atoms with van der Waals surface area (Å²) in [6.07, 6.45) is 2.27.